The van der Waals surface area contributed by atoms with E-state index in [9.17, 15) is 4.79 Å². The number of amides is 1. The molecule has 0 bridgehead atoms. The topological polar surface area (TPSA) is 44.1 Å². The van der Waals surface area contributed by atoms with Crippen LogP contribution < -0.4 is 0 Å². The molecule has 1 amide bonds. The Labute approximate surface area is 97.7 Å². The van der Waals surface area contributed by atoms with Crippen molar-refractivity contribution in [1.29, 1.82) is 5.26 Å². The Morgan fingerprint density at radius 2 is 2.25 bits per heavy atom. The minimum atomic E-state index is 0.103. The molecule has 0 saturated carbocycles. The first-order valence-corrected chi connectivity index (χ1v) is 5.79. The van der Waals surface area contributed by atoms with Gasteiger partial charge in [0.05, 0.1) is 6.07 Å². The lowest BCUT2D eigenvalue weighted by Crippen LogP contribution is -2.36. The predicted molar refractivity (Wildman–Crippen MR) is 63.6 cm³/mol. The second-order valence-corrected chi connectivity index (χ2v) is 5.23. The Bertz CT molecular complexity index is 331. The number of hydrogen-bond donors (Lipinski definition) is 0. The zero-order valence-electron chi connectivity index (χ0n) is 10.4. The van der Waals surface area contributed by atoms with Crippen LogP contribution in [0.4, 0.5) is 0 Å². The molecule has 1 aliphatic rings. The van der Waals surface area contributed by atoms with Crippen LogP contribution in [0.25, 0.3) is 0 Å². The molecule has 16 heavy (non-hydrogen) atoms. The Morgan fingerprint density at radius 3 is 2.69 bits per heavy atom. The zero-order valence-corrected chi connectivity index (χ0v) is 10.4. The van der Waals surface area contributed by atoms with E-state index < -0.39 is 0 Å². The van der Waals surface area contributed by atoms with Gasteiger partial charge >= 0.3 is 0 Å². The van der Waals surface area contributed by atoms with Crippen LogP contribution in [-0.4, -0.2) is 23.9 Å². The molecule has 3 heteroatoms. The van der Waals surface area contributed by atoms with E-state index in [1.54, 1.807) is 0 Å². The van der Waals surface area contributed by atoms with Gasteiger partial charge in [-0.2, -0.15) is 5.26 Å². The monoisotopic (exact) mass is 220 g/mol. The molecule has 1 heterocycles. The molecule has 0 fully saturated rings. The van der Waals surface area contributed by atoms with Crippen molar-refractivity contribution in [2.45, 2.75) is 40.0 Å². The molecule has 0 aromatic rings. The maximum absolute atomic E-state index is 11.7. The highest BCUT2D eigenvalue weighted by atomic mass is 16.2. The van der Waals surface area contributed by atoms with E-state index in [-0.39, 0.29) is 11.3 Å². The van der Waals surface area contributed by atoms with Crippen molar-refractivity contribution >= 4 is 5.91 Å². The van der Waals surface area contributed by atoms with Crippen molar-refractivity contribution in [2.75, 3.05) is 13.1 Å². The average molecular weight is 220 g/mol. The molecule has 0 aliphatic carbocycles. The van der Waals surface area contributed by atoms with Gasteiger partial charge in [-0.25, -0.2) is 0 Å². The van der Waals surface area contributed by atoms with Crippen molar-refractivity contribution in [1.82, 2.24) is 4.90 Å². The van der Waals surface area contributed by atoms with Crippen molar-refractivity contribution in [3.05, 3.63) is 11.6 Å². The Kier molecular flexibility index (Phi) is 4.12. The van der Waals surface area contributed by atoms with Gasteiger partial charge in [-0.3, -0.25) is 4.79 Å². The van der Waals surface area contributed by atoms with Crippen LogP contribution in [0, 0.1) is 16.7 Å². The van der Waals surface area contributed by atoms with E-state index in [2.05, 4.69) is 26.8 Å². The summed E-state index contributed by atoms with van der Waals surface area (Å²) in [7, 11) is 0. The summed E-state index contributed by atoms with van der Waals surface area (Å²) in [6, 6.07) is 2.01. The van der Waals surface area contributed by atoms with Crippen molar-refractivity contribution in [3.8, 4) is 6.07 Å². The molecular formula is C13H20N2O. The molecule has 0 atom stereocenters. The van der Waals surface area contributed by atoms with E-state index in [1.165, 1.54) is 5.57 Å². The van der Waals surface area contributed by atoms with Gasteiger partial charge in [-0.1, -0.05) is 32.4 Å². The average Bonchev–Trinajstić information content (AvgIpc) is 2.25. The number of rotatable bonds is 2. The first-order chi connectivity index (χ1) is 7.45. The standard InChI is InChI=1S/C13H20N2O/c1-13(2,3)11-6-9-15(10-7-11)12(16)5-4-8-14/h6H,4-5,7,9-10H2,1-3H3. The summed E-state index contributed by atoms with van der Waals surface area (Å²) in [6.45, 7) is 8.11. The molecule has 0 aromatic carbocycles. The minimum absolute atomic E-state index is 0.103. The molecule has 0 radical (unpaired) electrons. The fraction of sp³-hybridized carbons (Fsp3) is 0.692. The van der Waals surface area contributed by atoms with E-state index >= 15 is 0 Å². The van der Waals surface area contributed by atoms with Crippen LogP contribution in [-0.2, 0) is 4.79 Å². The summed E-state index contributed by atoms with van der Waals surface area (Å²) in [5.74, 6) is 0.103. The third-order valence-electron chi connectivity index (χ3n) is 2.98. The molecule has 3 nitrogen and oxygen atoms in total. The van der Waals surface area contributed by atoms with Gasteiger partial charge in [0.15, 0.2) is 0 Å². The highest BCUT2D eigenvalue weighted by molar-refractivity contribution is 5.76. The molecule has 0 spiro atoms. The summed E-state index contributed by atoms with van der Waals surface area (Å²) < 4.78 is 0. The van der Waals surface area contributed by atoms with Crippen LogP contribution in [0.2, 0.25) is 0 Å². The zero-order chi connectivity index (χ0) is 12.2. The molecule has 1 aliphatic heterocycles. The van der Waals surface area contributed by atoms with Crippen LogP contribution in [0.15, 0.2) is 11.6 Å². The van der Waals surface area contributed by atoms with Crippen LogP contribution in [0.3, 0.4) is 0 Å². The van der Waals surface area contributed by atoms with Gasteiger partial charge in [0, 0.05) is 25.9 Å². The van der Waals surface area contributed by atoms with E-state index in [4.69, 9.17) is 5.26 Å². The lowest BCUT2D eigenvalue weighted by molar-refractivity contribution is -0.130. The SMILES string of the molecule is CC(C)(C)C1=CCN(C(=O)CCC#N)CC1. The minimum Gasteiger partial charge on any atom is -0.339 e. The molecule has 0 unspecified atom stereocenters. The van der Waals surface area contributed by atoms with Gasteiger partial charge < -0.3 is 4.90 Å². The number of nitriles is 1. The van der Waals surface area contributed by atoms with Gasteiger partial charge in [-0.15, -0.1) is 0 Å². The normalized spacial score (nSPS) is 16.6. The second-order valence-electron chi connectivity index (χ2n) is 5.23. The number of hydrogen-bond acceptors (Lipinski definition) is 2. The Hall–Kier alpha value is -1.30. The van der Waals surface area contributed by atoms with E-state index in [0.29, 0.717) is 19.4 Å². The Balaban J connectivity index is 2.52. The van der Waals surface area contributed by atoms with E-state index in [1.807, 2.05) is 11.0 Å². The van der Waals surface area contributed by atoms with Gasteiger partial charge in [0.25, 0.3) is 0 Å². The van der Waals surface area contributed by atoms with Crippen molar-refractivity contribution in [2.24, 2.45) is 5.41 Å². The fourth-order valence-corrected chi connectivity index (χ4v) is 1.90. The maximum Gasteiger partial charge on any atom is 0.223 e. The summed E-state index contributed by atoms with van der Waals surface area (Å²) in [4.78, 5) is 13.5. The quantitative estimate of drug-likeness (QED) is 0.671. The lowest BCUT2D eigenvalue weighted by atomic mass is 9.83. The largest absolute Gasteiger partial charge is 0.339 e. The van der Waals surface area contributed by atoms with Crippen LogP contribution >= 0.6 is 0 Å². The third-order valence-corrected chi connectivity index (χ3v) is 2.98. The summed E-state index contributed by atoms with van der Waals surface area (Å²) >= 11 is 0. The number of carbonyl (C=O) groups excluding carboxylic acids is 1. The predicted octanol–water partition coefficient (Wildman–Crippen LogP) is 2.49. The first-order valence-electron chi connectivity index (χ1n) is 5.79. The summed E-state index contributed by atoms with van der Waals surface area (Å²) in [5.41, 5.74) is 1.64. The number of carbonyl (C=O) groups is 1. The molecule has 1 rings (SSSR count). The molecule has 0 N–H and O–H groups in total. The van der Waals surface area contributed by atoms with Gasteiger partial charge in [-0.05, 0) is 11.8 Å². The molecule has 0 aromatic heterocycles. The smallest absolute Gasteiger partial charge is 0.223 e. The molecular weight excluding hydrogens is 200 g/mol. The van der Waals surface area contributed by atoms with Gasteiger partial charge in [0.1, 0.15) is 0 Å². The highest BCUT2D eigenvalue weighted by Gasteiger charge is 2.23. The fourth-order valence-electron chi connectivity index (χ4n) is 1.90. The molecule has 0 saturated heterocycles. The number of nitrogens with zero attached hydrogens (tertiary/aromatic N) is 2. The summed E-state index contributed by atoms with van der Waals surface area (Å²) in [6.07, 6.45) is 3.80. The molecule has 88 valence electrons. The Morgan fingerprint density at radius 1 is 1.56 bits per heavy atom. The third kappa shape index (κ3) is 3.37. The lowest BCUT2D eigenvalue weighted by Gasteiger charge is -2.32. The highest BCUT2D eigenvalue weighted by Crippen LogP contribution is 2.30. The second kappa shape index (κ2) is 5.16. The van der Waals surface area contributed by atoms with E-state index in [0.717, 1.165) is 13.0 Å². The van der Waals surface area contributed by atoms with Gasteiger partial charge in [0.2, 0.25) is 5.91 Å². The van der Waals surface area contributed by atoms with Crippen LogP contribution in [0.5, 0.6) is 0 Å². The van der Waals surface area contributed by atoms with Crippen molar-refractivity contribution in [3.63, 3.8) is 0 Å². The summed E-state index contributed by atoms with van der Waals surface area (Å²) in [5, 5.41) is 8.43. The van der Waals surface area contributed by atoms with Crippen LogP contribution in [0.1, 0.15) is 40.0 Å². The van der Waals surface area contributed by atoms with Crippen molar-refractivity contribution < 1.29 is 4.79 Å². The first kappa shape index (κ1) is 12.8. The maximum atomic E-state index is 11.7.